The first kappa shape index (κ1) is 41.9. The number of nitrogens with one attached hydrogen (secondary N) is 2. The van der Waals surface area contributed by atoms with E-state index in [4.69, 9.17) is 25.8 Å². The number of carbonyl (C=O) groups is 4. The molecular formula is C38H52ClN3O8. The van der Waals surface area contributed by atoms with Gasteiger partial charge in [0.1, 0.15) is 17.9 Å². The van der Waals surface area contributed by atoms with Gasteiger partial charge in [-0.05, 0) is 60.4 Å². The Balaban J connectivity index is 2.26. The molecule has 2 amide bonds. The molecule has 0 bridgehead atoms. The summed E-state index contributed by atoms with van der Waals surface area (Å²) >= 11 is 6.25. The highest BCUT2D eigenvalue weighted by molar-refractivity contribution is 6.32. The summed E-state index contributed by atoms with van der Waals surface area (Å²) in [5.74, 6) is -2.71. The summed E-state index contributed by atoms with van der Waals surface area (Å²) in [5.41, 5.74) is 2.57. The van der Waals surface area contributed by atoms with Gasteiger partial charge in [0.2, 0.25) is 11.8 Å². The number of halogens is 1. The van der Waals surface area contributed by atoms with Crippen molar-refractivity contribution in [3.05, 3.63) is 76.3 Å². The Kier molecular flexibility index (Phi) is 17.7. The Labute approximate surface area is 300 Å². The van der Waals surface area contributed by atoms with Crippen LogP contribution in [0.5, 0.6) is 5.75 Å². The number of esters is 2. The predicted molar refractivity (Wildman–Crippen MR) is 194 cm³/mol. The van der Waals surface area contributed by atoms with Gasteiger partial charge in [0.25, 0.3) is 0 Å². The third-order valence-electron chi connectivity index (χ3n) is 8.07. The molecule has 0 fully saturated rings. The fraction of sp³-hybridized carbons (Fsp3) is 0.500. The van der Waals surface area contributed by atoms with Crippen LogP contribution in [0.1, 0.15) is 64.2 Å². The zero-order valence-electron chi connectivity index (χ0n) is 30.1. The lowest BCUT2D eigenvalue weighted by atomic mass is 9.90. The van der Waals surface area contributed by atoms with E-state index in [-0.39, 0.29) is 31.6 Å². The lowest BCUT2D eigenvalue weighted by Gasteiger charge is -2.29. The second kappa shape index (κ2) is 21.1. The quantitative estimate of drug-likeness (QED) is 0.0982. The summed E-state index contributed by atoms with van der Waals surface area (Å²) in [6, 6.07) is 11.8. The van der Waals surface area contributed by atoms with Crippen LogP contribution in [-0.2, 0) is 48.0 Å². The number of aliphatic hydroxyl groups excluding tert-OH is 1. The molecule has 50 heavy (non-hydrogen) atoms. The largest absolute Gasteiger partial charge is 0.495 e. The van der Waals surface area contributed by atoms with Gasteiger partial charge in [0.05, 0.1) is 30.7 Å². The van der Waals surface area contributed by atoms with Crippen molar-refractivity contribution in [2.24, 2.45) is 22.7 Å². The van der Waals surface area contributed by atoms with Gasteiger partial charge in [0.15, 0.2) is 6.10 Å². The van der Waals surface area contributed by atoms with E-state index in [0.29, 0.717) is 22.9 Å². The maximum Gasteiger partial charge on any atom is 0.347 e. The summed E-state index contributed by atoms with van der Waals surface area (Å²) < 4.78 is 16.6. The van der Waals surface area contributed by atoms with Gasteiger partial charge in [-0.3, -0.25) is 19.4 Å². The summed E-state index contributed by atoms with van der Waals surface area (Å²) in [6.45, 7) is 12.9. The first-order valence-corrected chi connectivity index (χ1v) is 17.2. The minimum atomic E-state index is -1.13. The van der Waals surface area contributed by atoms with Gasteiger partial charge < -0.3 is 30.0 Å². The molecule has 0 aromatic heterocycles. The van der Waals surface area contributed by atoms with Crippen molar-refractivity contribution in [3.8, 4) is 5.75 Å². The maximum atomic E-state index is 13.5. The molecule has 274 valence electrons. The van der Waals surface area contributed by atoms with E-state index in [0.717, 1.165) is 11.1 Å². The van der Waals surface area contributed by atoms with Crippen LogP contribution in [0.3, 0.4) is 0 Å². The minimum absolute atomic E-state index is 0.0269. The van der Waals surface area contributed by atoms with Gasteiger partial charge in [-0.25, -0.2) is 4.79 Å². The van der Waals surface area contributed by atoms with E-state index in [1.54, 1.807) is 39.0 Å². The Morgan fingerprint density at radius 1 is 0.940 bits per heavy atom. The molecule has 0 radical (unpaired) electrons. The van der Waals surface area contributed by atoms with E-state index in [1.165, 1.54) is 26.3 Å². The Morgan fingerprint density at radius 3 is 2.14 bits per heavy atom. The topological polar surface area (TPSA) is 153 Å². The van der Waals surface area contributed by atoms with Crippen LogP contribution in [-0.4, -0.2) is 74.1 Å². The Bertz CT molecular complexity index is 1460. The smallest absolute Gasteiger partial charge is 0.347 e. The number of aliphatic imine (C=N–C) groups is 1. The Morgan fingerprint density at radius 2 is 1.58 bits per heavy atom. The van der Waals surface area contributed by atoms with Gasteiger partial charge >= 0.3 is 11.9 Å². The molecule has 2 rings (SSSR count). The van der Waals surface area contributed by atoms with Crippen LogP contribution in [0, 0.1) is 17.8 Å². The standard InChI is InChI=1S/C38H52ClN3O8/c1-23(2)18-34(50-37(46)24(3)4)38(47)49-32(25(5)31(43)21-26-12-14-27(15-13-26)22-40-6)10-9-11-35(44)42-30(36(45)41-7)20-28-16-17-33(48-8)29(39)19-28/h9,11-17,19,23-25,30-32,34,43H,6,10,18,20-22H2,1-5,7-8H3,(H,41,45)(H,42,44). The number of benzene rings is 2. The monoisotopic (exact) mass is 713 g/mol. The molecule has 0 aliphatic rings. The molecule has 3 N–H and O–H groups in total. The molecule has 0 saturated carbocycles. The molecule has 12 heteroatoms. The summed E-state index contributed by atoms with van der Waals surface area (Å²) in [4.78, 5) is 55.4. The van der Waals surface area contributed by atoms with Crippen LogP contribution >= 0.6 is 11.6 Å². The summed E-state index contributed by atoms with van der Waals surface area (Å²) in [6.07, 6.45) is 0.617. The predicted octanol–water partition coefficient (Wildman–Crippen LogP) is 5.03. The molecule has 11 nitrogen and oxygen atoms in total. The number of likely N-dealkylation sites (N-methyl/N-ethyl adjacent to an activating group) is 1. The lowest BCUT2D eigenvalue weighted by Crippen LogP contribution is -2.46. The number of ether oxygens (including phenoxy) is 3. The van der Waals surface area contributed by atoms with E-state index < -0.39 is 59.9 Å². The number of rotatable bonds is 20. The first-order valence-electron chi connectivity index (χ1n) is 16.8. The highest BCUT2D eigenvalue weighted by Crippen LogP contribution is 2.26. The number of carbonyl (C=O) groups excluding carboxylic acids is 4. The molecule has 0 aliphatic carbocycles. The second-order valence-corrected chi connectivity index (χ2v) is 13.4. The number of hydrogen-bond donors (Lipinski definition) is 3. The third kappa shape index (κ3) is 14.0. The Hall–Kier alpha value is -4.22. The molecule has 2 aromatic carbocycles. The van der Waals surface area contributed by atoms with E-state index in [9.17, 15) is 24.3 Å². The zero-order valence-corrected chi connectivity index (χ0v) is 30.9. The molecule has 0 saturated heterocycles. The van der Waals surface area contributed by atoms with Crippen molar-refractivity contribution in [3.63, 3.8) is 0 Å². The highest BCUT2D eigenvalue weighted by Gasteiger charge is 2.33. The van der Waals surface area contributed by atoms with Crippen molar-refractivity contribution in [2.75, 3.05) is 14.2 Å². The molecule has 5 unspecified atom stereocenters. The van der Waals surface area contributed by atoms with Crippen LogP contribution in [0.25, 0.3) is 0 Å². The SMILES string of the molecule is C=NCc1ccc(CC(O)C(C)C(CC=CC(=O)NC(Cc2ccc(OC)c(Cl)c2)C(=O)NC)OC(=O)C(CC(C)C)OC(=O)C(C)C)cc1. The lowest BCUT2D eigenvalue weighted by molar-refractivity contribution is -0.177. The van der Waals surface area contributed by atoms with Crippen LogP contribution < -0.4 is 15.4 Å². The van der Waals surface area contributed by atoms with E-state index in [1.807, 2.05) is 38.1 Å². The fourth-order valence-electron chi connectivity index (χ4n) is 5.06. The van der Waals surface area contributed by atoms with Gasteiger partial charge in [-0.1, -0.05) is 82.6 Å². The van der Waals surface area contributed by atoms with E-state index >= 15 is 0 Å². The zero-order chi connectivity index (χ0) is 37.4. The molecule has 0 aliphatic heterocycles. The maximum absolute atomic E-state index is 13.5. The number of amides is 2. The molecule has 0 spiro atoms. The second-order valence-electron chi connectivity index (χ2n) is 13.0. The molecular weight excluding hydrogens is 662 g/mol. The van der Waals surface area contributed by atoms with Gasteiger partial charge in [-0.2, -0.15) is 0 Å². The first-order chi connectivity index (χ1) is 23.7. The van der Waals surface area contributed by atoms with Gasteiger partial charge in [-0.15, -0.1) is 0 Å². The number of aliphatic hydroxyl groups is 1. The summed E-state index contributed by atoms with van der Waals surface area (Å²) in [5, 5.41) is 16.9. The van der Waals surface area contributed by atoms with E-state index in [2.05, 4.69) is 22.3 Å². The molecule has 2 aromatic rings. The van der Waals surface area contributed by atoms with Crippen LogP contribution in [0.2, 0.25) is 5.02 Å². The van der Waals surface area contributed by atoms with Crippen molar-refractivity contribution in [1.29, 1.82) is 0 Å². The van der Waals surface area contributed by atoms with Crippen molar-refractivity contribution in [2.45, 2.75) is 91.2 Å². The molecule has 0 heterocycles. The summed E-state index contributed by atoms with van der Waals surface area (Å²) in [7, 11) is 2.97. The average Bonchev–Trinajstić information content (AvgIpc) is 3.07. The van der Waals surface area contributed by atoms with Crippen LogP contribution in [0.4, 0.5) is 0 Å². The van der Waals surface area contributed by atoms with Crippen LogP contribution in [0.15, 0.2) is 59.6 Å². The molecule has 5 atom stereocenters. The highest BCUT2D eigenvalue weighted by atomic mass is 35.5. The average molecular weight is 714 g/mol. The van der Waals surface area contributed by atoms with Gasteiger partial charge in [0, 0.05) is 25.8 Å². The van der Waals surface area contributed by atoms with Crippen molar-refractivity contribution < 1.29 is 38.5 Å². The van der Waals surface area contributed by atoms with Crippen molar-refractivity contribution >= 4 is 42.1 Å². The fourth-order valence-corrected chi connectivity index (χ4v) is 5.34. The third-order valence-corrected chi connectivity index (χ3v) is 8.37. The normalized spacial score (nSPS) is 14.4. The van der Waals surface area contributed by atoms with Crippen molar-refractivity contribution in [1.82, 2.24) is 10.6 Å². The number of hydrogen-bond acceptors (Lipinski definition) is 9. The number of nitrogens with zero attached hydrogens (tertiary/aromatic N) is 1. The number of methoxy groups -OCH3 is 1. The minimum Gasteiger partial charge on any atom is -0.495 e.